The number of nitrogens with zero attached hydrogens (tertiary/aromatic N) is 4. The molecule has 138 valence electrons. The van der Waals surface area contributed by atoms with Gasteiger partial charge in [0.1, 0.15) is 5.56 Å². The number of likely N-dealkylation sites (tertiary alicyclic amines) is 1. The molecule has 4 rings (SSSR count). The molecular weight excluding hydrogens is 344 g/mol. The predicted octanol–water partition coefficient (Wildman–Crippen LogP) is 2.52. The number of carbonyl (C=O) groups excluding carboxylic acids is 1. The first-order valence-corrected chi connectivity index (χ1v) is 9.02. The summed E-state index contributed by atoms with van der Waals surface area (Å²) in [6, 6.07) is 8.92. The number of carbonyl (C=O) groups is 2. The number of aromatic carboxylic acids is 1. The van der Waals surface area contributed by atoms with Crippen molar-refractivity contribution in [2.75, 3.05) is 13.1 Å². The van der Waals surface area contributed by atoms with Gasteiger partial charge in [0.2, 0.25) is 0 Å². The fourth-order valence-electron chi connectivity index (χ4n) is 3.71. The van der Waals surface area contributed by atoms with Crippen LogP contribution in [0.4, 0.5) is 0 Å². The Morgan fingerprint density at radius 2 is 1.89 bits per heavy atom. The summed E-state index contributed by atoms with van der Waals surface area (Å²) in [6.45, 7) is 1.31. The highest BCUT2D eigenvalue weighted by Crippen LogP contribution is 2.25. The van der Waals surface area contributed by atoms with E-state index in [1.807, 2.05) is 17.0 Å². The van der Waals surface area contributed by atoms with E-state index in [0.29, 0.717) is 35.8 Å². The number of hydrogen-bond acceptors (Lipinski definition) is 4. The Balaban J connectivity index is 1.42. The SMILES string of the molecule is O=C(O)c1ccccc1CC1CCN(C(=O)c2cnn3cccnc23)CC1. The van der Waals surface area contributed by atoms with Crippen LogP contribution in [0.25, 0.3) is 5.65 Å². The van der Waals surface area contributed by atoms with E-state index in [1.165, 1.54) is 0 Å². The second kappa shape index (κ2) is 7.19. The molecule has 0 atom stereocenters. The summed E-state index contributed by atoms with van der Waals surface area (Å²) in [5.41, 5.74) is 2.32. The summed E-state index contributed by atoms with van der Waals surface area (Å²) >= 11 is 0. The molecule has 0 spiro atoms. The highest BCUT2D eigenvalue weighted by molar-refractivity contribution is 5.99. The van der Waals surface area contributed by atoms with Gasteiger partial charge < -0.3 is 10.0 Å². The number of amides is 1. The summed E-state index contributed by atoms with van der Waals surface area (Å²) in [4.78, 5) is 30.3. The molecule has 27 heavy (non-hydrogen) atoms. The first-order chi connectivity index (χ1) is 13.1. The number of carboxylic acids is 1. The van der Waals surface area contributed by atoms with E-state index in [9.17, 15) is 14.7 Å². The maximum Gasteiger partial charge on any atom is 0.335 e. The molecule has 7 heteroatoms. The Morgan fingerprint density at radius 1 is 1.11 bits per heavy atom. The molecule has 0 unspecified atom stereocenters. The number of rotatable bonds is 4. The fourth-order valence-corrected chi connectivity index (χ4v) is 3.71. The number of fused-ring (bicyclic) bond motifs is 1. The van der Waals surface area contributed by atoms with Gasteiger partial charge in [0, 0.05) is 25.5 Å². The third-order valence-electron chi connectivity index (χ3n) is 5.17. The molecule has 0 bridgehead atoms. The highest BCUT2D eigenvalue weighted by Gasteiger charge is 2.26. The standard InChI is InChI=1S/C20H20N4O3/c25-19(17-13-22-24-9-3-8-21-18(17)24)23-10-6-14(7-11-23)12-15-4-1-2-5-16(15)20(26)27/h1-5,8-9,13-14H,6-7,10-12H2,(H,26,27). The molecule has 3 aromatic rings. The van der Waals surface area contributed by atoms with Crippen molar-refractivity contribution in [3.05, 3.63) is 65.6 Å². The highest BCUT2D eigenvalue weighted by atomic mass is 16.4. The molecule has 1 saturated heterocycles. The first kappa shape index (κ1) is 17.2. The van der Waals surface area contributed by atoms with E-state index in [-0.39, 0.29) is 5.91 Å². The van der Waals surface area contributed by atoms with E-state index in [0.717, 1.165) is 24.8 Å². The minimum atomic E-state index is -0.890. The quantitative estimate of drug-likeness (QED) is 0.769. The van der Waals surface area contributed by atoms with Crippen LogP contribution < -0.4 is 0 Å². The van der Waals surface area contributed by atoms with Crippen molar-refractivity contribution < 1.29 is 14.7 Å². The third kappa shape index (κ3) is 3.40. The molecule has 1 aliphatic heterocycles. The summed E-state index contributed by atoms with van der Waals surface area (Å²) < 4.78 is 1.60. The molecule has 3 heterocycles. The van der Waals surface area contributed by atoms with E-state index < -0.39 is 5.97 Å². The first-order valence-electron chi connectivity index (χ1n) is 9.02. The van der Waals surface area contributed by atoms with Crippen LogP contribution >= 0.6 is 0 Å². The lowest BCUT2D eigenvalue weighted by Crippen LogP contribution is -2.39. The number of carboxylic acid groups (broad SMARTS) is 1. The zero-order valence-electron chi connectivity index (χ0n) is 14.8. The average molecular weight is 364 g/mol. The number of hydrogen-bond donors (Lipinski definition) is 1. The van der Waals surface area contributed by atoms with Gasteiger partial charge in [-0.1, -0.05) is 18.2 Å². The molecule has 1 aromatic carbocycles. The van der Waals surface area contributed by atoms with Gasteiger partial charge >= 0.3 is 5.97 Å². The molecule has 2 aromatic heterocycles. The van der Waals surface area contributed by atoms with Gasteiger partial charge in [0.25, 0.3) is 5.91 Å². The topological polar surface area (TPSA) is 87.8 Å². The Morgan fingerprint density at radius 3 is 2.67 bits per heavy atom. The summed E-state index contributed by atoms with van der Waals surface area (Å²) in [7, 11) is 0. The van der Waals surface area contributed by atoms with Crippen molar-refractivity contribution in [1.29, 1.82) is 0 Å². The lowest BCUT2D eigenvalue weighted by molar-refractivity contribution is 0.0692. The molecule has 0 radical (unpaired) electrons. The van der Waals surface area contributed by atoms with Gasteiger partial charge in [-0.2, -0.15) is 5.10 Å². The van der Waals surface area contributed by atoms with Crippen LogP contribution in [0.1, 0.15) is 39.1 Å². The smallest absolute Gasteiger partial charge is 0.335 e. The second-order valence-electron chi connectivity index (χ2n) is 6.85. The number of piperidine rings is 1. The minimum Gasteiger partial charge on any atom is -0.478 e. The van der Waals surface area contributed by atoms with E-state index >= 15 is 0 Å². The molecule has 1 fully saturated rings. The molecule has 1 N–H and O–H groups in total. The zero-order valence-corrected chi connectivity index (χ0v) is 14.8. The predicted molar refractivity (Wildman–Crippen MR) is 98.7 cm³/mol. The second-order valence-corrected chi connectivity index (χ2v) is 6.85. The minimum absolute atomic E-state index is 0.0481. The zero-order chi connectivity index (χ0) is 18.8. The van der Waals surface area contributed by atoms with Gasteiger partial charge in [-0.15, -0.1) is 0 Å². The van der Waals surface area contributed by atoms with E-state index in [2.05, 4.69) is 10.1 Å². The van der Waals surface area contributed by atoms with E-state index in [4.69, 9.17) is 0 Å². The van der Waals surface area contributed by atoms with Crippen LogP contribution in [-0.4, -0.2) is 49.6 Å². The maximum atomic E-state index is 12.8. The maximum absolute atomic E-state index is 12.8. The third-order valence-corrected chi connectivity index (χ3v) is 5.17. The van der Waals surface area contributed by atoms with Gasteiger partial charge in [-0.3, -0.25) is 4.79 Å². The molecular formula is C20H20N4O3. The molecule has 0 saturated carbocycles. The van der Waals surface area contributed by atoms with Gasteiger partial charge in [0.15, 0.2) is 5.65 Å². The van der Waals surface area contributed by atoms with E-state index in [1.54, 1.807) is 41.3 Å². The normalized spacial score (nSPS) is 15.2. The fraction of sp³-hybridized carbons (Fsp3) is 0.300. The van der Waals surface area contributed by atoms with Crippen LogP contribution in [0, 0.1) is 5.92 Å². The van der Waals surface area contributed by atoms with Crippen molar-refractivity contribution in [2.45, 2.75) is 19.3 Å². The summed E-state index contributed by atoms with van der Waals surface area (Å²) in [6.07, 6.45) is 7.42. The van der Waals surface area contributed by atoms with Crippen LogP contribution in [0.5, 0.6) is 0 Å². The molecule has 1 amide bonds. The lowest BCUT2D eigenvalue weighted by Gasteiger charge is -2.32. The van der Waals surface area contributed by atoms with Crippen LogP contribution in [0.15, 0.2) is 48.9 Å². The summed E-state index contributed by atoms with van der Waals surface area (Å²) in [5.74, 6) is -0.566. The van der Waals surface area contributed by atoms with Crippen molar-refractivity contribution in [3.63, 3.8) is 0 Å². The van der Waals surface area contributed by atoms with Gasteiger partial charge in [-0.25, -0.2) is 14.3 Å². The van der Waals surface area contributed by atoms with Gasteiger partial charge in [-0.05, 0) is 42.9 Å². The molecule has 0 aliphatic carbocycles. The van der Waals surface area contributed by atoms with Crippen LogP contribution in [-0.2, 0) is 6.42 Å². The average Bonchev–Trinajstić information content (AvgIpc) is 3.12. The van der Waals surface area contributed by atoms with Crippen LogP contribution in [0.2, 0.25) is 0 Å². The lowest BCUT2D eigenvalue weighted by atomic mass is 9.88. The Bertz CT molecular complexity index is 990. The number of benzene rings is 1. The van der Waals surface area contributed by atoms with Crippen molar-refractivity contribution in [2.24, 2.45) is 5.92 Å². The monoisotopic (exact) mass is 364 g/mol. The molecule has 7 nitrogen and oxygen atoms in total. The van der Waals surface area contributed by atoms with Crippen molar-refractivity contribution in [3.8, 4) is 0 Å². The van der Waals surface area contributed by atoms with Crippen molar-refractivity contribution in [1.82, 2.24) is 19.5 Å². The molecule has 1 aliphatic rings. The van der Waals surface area contributed by atoms with Crippen molar-refractivity contribution >= 4 is 17.5 Å². The van der Waals surface area contributed by atoms with Gasteiger partial charge in [0.05, 0.1) is 11.8 Å². The number of aromatic nitrogens is 3. The summed E-state index contributed by atoms with van der Waals surface area (Å²) in [5, 5.41) is 13.5. The Labute approximate surface area is 156 Å². The Hall–Kier alpha value is -3.22. The van der Waals surface area contributed by atoms with Crippen LogP contribution in [0.3, 0.4) is 0 Å². The Kier molecular flexibility index (Phi) is 4.58. The largest absolute Gasteiger partial charge is 0.478 e.